The van der Waals surface area contributed by atoms with E-state index < -0.39 is 15.8 Å². The summed E-state index contributed by atoms with van der Waals surface area (Å²) in [6.45, 7) is 5.28. The Morgan fingerprint density at radius 3 is 2.62 bits per heavy atom. The summed E-state index contributed by atoms with van der Waals surface area (Å²) in [6, 6.07) is 3.53. The van der Waals surface area contributed by atoms with Gasteiger partial charge in [0.2, 0.25) is 0 Å². The van der Waals surface area contributed by atoms with E-state index in [2.05, 4.69) is 9.71 Å². The highest BCUT2D eigenvalue weighted by atomic mass is 32.2. The molecular weight excluding hydrogens is 315 g/mol. The topological polar surface area (TPSA) is 68.3 Å². The van der Waals surface area contributed by atoms with Crippen molar-refractivity contribution in [2.75, 3.05) is 4.72 Å². The molecule has 21 heavy (non-hydrogen) atoms. The summed E-state index contributed by atoms with van der Waals surface area (Å²) in [5.41, 5.74) is 0.713. The van der Waals surface area contributed by atoms with Gasteiger partial charge in [-0.05, 0) is 39.0 Å². The normalized spacial score (nSPS) is 11.7. The number of nitrogens with zero attached hydrogens (tertiary/aromatic N) is 1. The van der Waals surface area contributed by atoms with Gasteiger partial charge in [0.25, 0.3) is 10.0 Å². The Hall–Kier alpha value is -1.67. The molecule has 0 saturated heterocycles. The molecule has 0 unspecified atom stereocenters. The number of aryl methyl sites for hydroxylation is 1. The lowest BCUT2D eigenvalue weighted by Gasteiger charge is -2.11. The predicted molar refractivity (Wildman–Crippen MR) is 79.8 cm³/mol. The summed E-state index contributed by atoms with van der Waals surface area (Å²) in [7, 11) is -3.87. The van der Waals surface area contributed by atoms with Crippen molar-refractivity contribution in [1.29, 1.82) is 0 Å². The summed E-state index contributed by atoms with van der Waals surface area (Å²) >= 11 is 1.17. The maximum Gasteiger partial charge on any atom is 0.263 e. The second kappa shape index (κ2) is 5.98. The molecule has 2 rings (SSSR count). The van der Waals surface area contributed by atoms with Crippen LogP contribution in [0.2, 0.25) is 0 Å². The fourth-order valence-electron chi connectivity index (χ4n) is 1.57. The van der Waals surface area contributed by atoms with Crippen LogP contribution in [0.15, 0.2) is 28.5 Å². The van der Waals surface area contributed by atoms with Gasteiger partial charge >= 0.3 is 0 Å². The van der Waals surface area contributed by atoms with Crippen molar-refractivity contribution in [3.8, 4) is 5.75 Å². The molecule has 0 aliphatic heterocycles. The number of halogens is 1. The van der Waals surface area contributed by atoms with E-state index in [1.165, 1.54) is 23.5 Å². The Morgan fingerprint density at radius 2 is 2.10 bits per heavy atom. The van der Waals surface area contributed by atoms with Gasteiger partial charge in [-0.1, -0.05) is 0 Å². The van der Waals surface area contributed by atoms with Gasteiger partial charge in [0, 0.05) is 5.38 Å². The highest BCUT2D eigenvalue weighted by Gasteiger charge is 2.18. The summed E-state index contributed by atoms with van der Waals surface area (Å²) in [4.78, 5) is 3.83. The first-order chi connectivity index (χ1) is 9.78. The van der Waals surface area contributed by atoms with Crippen LogP contribution in [0.3, 0.4) is 0 Å². The first-order valence-corrected chi connectivity index (χ1v) is 8.55. The summed E-state index contributed by atoms with van der Waals surface area (Å²) in [5.74, 6) is -0.698. The average Bonchev–Trinajstić information content (AvgIpc) is 2.76. The number of sulfonamides is 1. The third-order valence-electron chi connectivity index (χ3n) is 2.42. The van der Waals surface area contributed by atoms with Crippen LogP contribution < -0.4 is 9.46 Å². The number of aromatic nitrogens is 1. The van der Waals surface area contributed by atoms with E-state index in [-0.39, 0.29) is 21.9 Å². The molecule has 8 heteroatoms. The molecule has 0 fully saturated rings. The van der Waals surface area contributed by atoms with Crippen molar-refractivity contribution in [2.45, 2.75) is 31.8 Å². The Labute approximate surface area is 126 Å². The molecule has 1 heterocycles. The fourth-order valence-corrected chi connectivity index (χ4v) is 3.53. The molecule has 0 aliphatic carbocycles. The maximum absolute atomic E-state index is 13.9. The second-order valence-electron chi connectivity index (χ2n) is 4.66. The van der Waals surface area contributed by atoms with Crippen LogP contribution in [0.5, 0.6) is 5.75 Å². The zero-order chi connectivity index (χ0) is 15.6. The van der Waals surface area contributed by atoms with Crippen molar-refractivity contribution in [3.63, 3.8) is 0 Å². The number of hydrogen-bond donors (Lipinski definition) is 1. The summed E-state index contributed by atoms with van der Waals surface area (Å²) in [5, 5.41) is 1.97. The minimum absolute atomic E-state index is 0.0223. The maximum atomic E-state index is 13.9. The first kappa shape index (κ1) is 15.7. The first-order valence-electron chi connectivity index (χ1n) is 6.19. The van der Waals surface area contributed by atoms with E-state index in [9.17, 15) is 12.8 Å². The van der Waals surface area contributed by atoms with Crippen LogP contribution in [-0.2, 0) is 10.0 Å². The number of benzene rings is 1. The minimum atomic E-state index is -3.87. The van der Waals surface area contributed by atoms with Gasteiger partial charge < -0.3 is 4.74 Å². The number of thiazole rings is 1. The zero-order valence-electron chi connectivity index (χ0n) is 11.8. The van der Waals surface area contributed by atoms with Crippen molar-refractivity contribution >= 4 is 26.5 Å². The van der Waals surface area contributed by atoms with Gasteiger partial charge in [0.1, 0.15) is 0 Å². The lowest BCUT2D eigenvalue weighted by atomic mass is 10.3. The quantitative estimate of drug-likeness (QED) is 0.914. The smallest absolute Gasteiger partial charge is 0.263 e. The number of hydrogen-bond acceptors (Lipinski definition) is 5. The lowest BCUT2D eigenvalue weighted by molar-refractivity contribution is 0.231. The van der Waals surface area contributed by atoms with E-state index in [0.717, 1.165) is 6.07 Å². The Bertz CT molecular complexity index is 742. The third kappa shape index (κ3) is 3.92. The molecule has 5 nitrogen and oxygen atoms in total. The van der Waals surface area contributed by atoms with Crippen LogP contribution in [0.1, 0.15) is 19.5 Å². The van der Waals surface area contributed by atoms with E-state index in [0.29, 0.717) is 5.69 Å². The Balaban J connectivity index is 2.26. The monoisotopic (exact) mass is 330 g/mol. The van der Waals surface area contributed by atoms with Gasteiger partial charge in [-0.3, -0.25) is 4.72 Å². The Morgan fingerprint density at radius 1 is 1.38 bits per heavy atom. The third-order valence-corrected chi connectivity index (χ3v) is 4.76. The van der Waals surface area contributed by atoms with Crippen molar-refractivity contribution in [3.05, 3.63) is 35.1 Å². The molecule has 114 valence electrons. The summed E-state index contributed by atoms with van der Waals surface area (Å²) < 4.78 is 45.7. The molecule has 0 spiro atoms. The van der Waals surface area contributed by atoms with E-state index >= 15 is 0 Å². The molecule has 1 aromatic heterocycles. The number of rotatable bonds is 5. The SMILES string of the molecule is Cc1csc(NS(=O)(=O)c2ccc(OC(C)C)c(F)c2)n1. The fraction of sp³-hybridized carbons (Fsp3) is 0.308. The largest absolute Gasteiger partial charge is 0.488 e. The van der Waals surface area contributed by atoms with E-state index in [1.54, 1.807) is 26.2 Å². The van der Waals surface area contributed by atoms with Crippen LogP contribution >= 0.6 is 11.3 Å². The molecule has 0 amide bonds. The van der Waals surface area contributed by atoms with Gasteiger partial charge in [-0.25, -0.2) is 17.8 Å². The van der Waals surface area contributed by atoms with Crippen molar-refractivity contribution in [1.82, 2.24) is 4.98 Å². The van der Waals surface area contributed by atoms with Crippen LogP contribution in [-0.4, -0.2) is 19.5 Å². The average molecular weight is 330 g/mol. The minimum Gasteiger partial charge on any atom is -0.488 e. The van der Waals surface area contributed by atoms with Crippen LogP contribution in [0.4, 0.5) is 9.52 Å². The van der Waals surface area contributed by atoms with E-state index in [1.807, 2.05) is 0 Å². The second-order valence-corrected chi connectivity index (χ2v) is 7.20. The molecule has 0 radical (unpaired) electrons. The molecular formula is C13H15FN2O3S2. The van der Waals surface area contributed by atoms with E-state index in [4.69, 9.17) is 4.74 Å². The highest BCUT2D eigenvalue weighted by molar-refractivity contribution is 7.93. The number of nitrogens with one attached hydrogen (secondary N) is 1. The van der Waals surface area contributed by atoms with Crippen molar-refractivity contribution in [2.24, 2.45) is 0 Å². The molecule has 0 saturated carbocycles. The molecule has 0 bridgehead atoms. The molecule has 1 aromatic carbocycles. The predicted octanol–water partition coefficient (Wildman–Crippen LogP) is 3.18. The standard InChI is InChI=1S/C13H15FN2O3S2/c1-8(2)19-12-5-4-10(6-11(12)14)21(17,18)16-13-15-9(3)7-20-13/h4-8H,1-3H3,(H,15,16). The molecule has 1 N–H and O–H groups in total. The van der Waals surface area contributed by atoms with Crippen molar-refractivity contribution < 1.29 is 17.5 Å². The molecule has 0 aliphatic rings. The molecule has 0 atom stereocenters. The van der Waals surface area contributed by atoms with Gasteiger partial charge in [0.15, 0.2) is 16.7 Å². The Kier molecular flexibility index (Phi) is 4.48. The summed E-state index contributed by atoms with van der Waals surface area (Å²) in [6.07, 6.45) is -0.196. The zero-order valence-corrected chi connectivity index (χ0v) is 13.4. The van der Waals surface area contributed by atoms with Crippen LogP contribution in [0, 0.1) is 12.7 Å². The highest BCUT2D eigenvalue weighted by Crippen LogP contribution is 2.24. The number of ether oxygens (including phenoxy) is 1. The van der Waals surface area contributed by atoms with Gasteiger partial charge in [0.05, 0.1) is 16.7 Å². The lowest BCUT2D eigenvalue weighted by Crippen LogP contribution is -2.14. The number of anilines is 1. The van der Waals surface area contributed by atoms with Crippen LogP contribution in [0.25, 0.3) is 0 Å². The molecule has 2 aromatic rings. The van der Waals surface area contributed by atoms with Gasteiger partial charge in [-0.15, -0.1) is 11.3 Å². The van der Waals surface area contributed by atoms with Gasteiger partial charge in [-0.2, -0.15) is 0 Å².